The van der Waals surface area contributed by atoms with Gasteiger partial charge >= 0.3 is 5.69 Å². The van der Waals surface area contributed by atoms with E-state index in [-0.39, 0.29) is 18.2 Å². The van der Waals surface area contributed by atoms with E-state index < -0.39 is 18.4 Å². The average Bonchev–Trinajstić information content (AvgIpc) is 2.73. The van der Waals surface area contributed by atoms with E-state index in [2.05, 4.69) is 18.8 Å². The Morgan fingerprint density at radius 2 is 2.24 bits per heavy atom. The molecule has 0 aromatic carbocycles. The first-order valence-corrected chi connectivity index (χ1v) is 7.60. The Hall–Kier alpha value is -1.02. The Bertz CT molecular complexity index is 583. The molecule has 118 valence electrons. The van der Waals surface area contributed by atoms with Crippen molar-refractivity contribution in [3.05, 3.63) is 27.4 Å². The van der Waals surface area contributed by atoms with Crippen LogP contribution in [0.3, 0.4) is 0 Å². The number of ether oxygens (including phenoxy) is 1. The second-order valence-corrected chi connectivity index (χ2v) is 6.33. The number of aliphatic hydroxyl groups excluding tert-OH is 2. The Labute approximate surface area is 128 Å². The van der Waals surface area contributed by atoms with Crippen LogP contribution in [0, 0.1) is 16.5 Å². The highest BCUT2D eigenvalue weighted by atomic mass is 32.1. The smallest absolute Gasteiger partial charge is 0.328 e. The number of hydrogen-bond acceptors (Lipinski definition) is 5. The van der Waals surface area contributed by atoms with Crippen molar-refractivity contribution >= 4 is 12.2 Å². The molecule has 1 aliphatic heterocycles. The van der Waals surface area contributed by atoms with Gasteiger partial charge in [0.2, 0.25) is 0 Å². The molecule has 2 rings (SSSR count). The van der Waals surface area contributed by atoms with Gasteiger partial charge in [0.1, 0.15) is 17.0 Å². The van der Waals surface area contributed by atoms with Crippen LogP contribution in [0.4, 0.5) is 0 Å². The zero-order valence-electron chi connectivity index (χ0n) is 12.2. The second-order valence-electron chi connectivity index (χ2n) is 5.89. The van der Waals surface area contributed by atoms with Crippen LogP contribution in [0.1, 0.15) is 32.9 Å². The lowest BCUT2D eigenvalue weighted by atomic mass is 9.91. The maximum Gasteiger partial charge on any atom is 0.328 e. The normalized spacial score (nSPS) is 29.2. The molecule has 1 aromatic rings. The van der Waals surface area contributed by atoms with Gasteiger partial charge < -0.3 is 14.9 Å². The lowest BCUT2D eigenvalue weighted by molar-refractivity contribution is -0.0484. The maximum absolute atomic E-state index is 12.0. The molecule has 0 saturated carbocycles. The molecule has 0 amide bonds. The van der Waals surface area contributed by atoms with E-state index in [1.165, 1.54) is 4.57 Å². The van der Waals surface area contributed by atoms with Crippen LogP contribution < -0.4 is 5.69 Å². The Balaban J connectivity index is 2.29. The third-order valence-electron chi connectivity index (χ3n) is 3.88. The van der Waals surface area contributed by atoms with Crippen molar-refractivity contribution in [3.63, 3.8) is 0 Å². The predicted octanol–water partition coefficient (Wildman–Crippen LogP) is 1.21. The molecule has 2 heterocycles. The third-order valence-corrected chi connectivity index (χ3v) is 4.12. The Morgan fingerprint density at radius 1 is 1.52 bits per heavy atom. The standard InChI is InChI=1S/C14H22N2O4S/c1-8(2)3-4-9-12(18)10(7-17)20-13(9)16-6-5-11(21)15-14(16)19/h5-6,8-10,12-13,17-18H,3-4,7H2,1-2H3,(H,15,19,21)/t9?,10-,12?,13-/m0/s1. The number of aromatic amines is 1. The molecule has 7 heteroatoms. The van der Waals surface area contributed by atoms with Crippen molar-refractivity contribution < 1.29 is 14.9 Å². The highest BCUT2D eigenvalue weighted by Crippen LogP contribution is 2.37. The van der Waals surface area contributed by atoms with Crippen LogP contribution >= 0.6 is 12.2 Å². The van der Waals surface area contributed by atoms with Gasteiger partial charge in [-0.3, -0.25) is 9.55 Å². The van der Waals surface area contributed by atoms with Gasteiger partial charge in [0.05, 0.1) is 12.7 Å². The van der Waals surface area contributed by atoms with Crippen molar-refractivity contribution in [3.8, 4) is 0 Å². The van der Waals surface area contributed by atoms with Crippen LogP contribution in [-0.4, -0.2) is 38.6 Å². The predicted molar refractivity (Wildman–Crippen MR) is 80.5 cm³/mol. The Morgan fingerprint density at radius 3 is 2.81 bits per heavy atom. The summed E-state index contributed by atoms with van der Waals surface area (Å²) >= 11 is 4.92. The largest absolute Gasteiger partial charge is 0.394 e. The number of aliphatic hydroxyl groups is 2. The molecule has 0 aliphatic carbocycles. The van der Waals surface area contributed by atoms with E-state index in [1.54, 1.807) is 12.3 Å². The van der Waals surface area contributed by atoms with E-state index in [4.69, 9.17) is 17.0 Å². The number of hydrogen-bond donors (Lipinski definition) is 3. The Kier molecular flexibility index (Phi) is 5.32. The van der Waals surface area contributed by atoms with Crippen molar-refractivity contribution in [2.24, 2.45) is 11.8 Å². The van der Waals surface area contributed by atoms with Crippen LogP contribution in [-0.2, 0) is 4.74 Å². The van der Waals surface area contributed by atoms with E-state index in [1.807, 2.05) is 0 Å². The summed E-state index contributed by atoms with van der Waals surface area (Å²) in [7, 11) is 0. The molecule has 0 radical (unpaired) electrons. The van der Waals surface area contributed by atoms with Crippen LogP contribution in [0.25, 0.3) is 0 Å². The molecule has 1 fully saturated rings. The third kappa shape index (κ3) is 3.60. The van der Waals surface area contributed by atoms with Gasteiger partial charge in [-0.25, -0.2) is 4.79 Å². The van der Waals surface area contributed by atoms with E-state index in [0.717, 1.165) is 12.8 Å². The lowest BCUT2D eigenvalue weighted by Crippen LogP contribution is -2.32. The monoisotopic (exact) mass is 314 g/mol. The minimum absolute atomic E-state index is 0.230. The summed E-state index contributed by atoms with van der Waals surface area (Å²) in [6, 6.07) is 1.61. The van der Waals surface area contributed by atoms with Gasteiger partial charge in [0.15, 0.2) is 0 Å². The molecule has 0 bridgehead atoms. The fraction of sp³-hybridized carbons (Fsp3) is 0.714. The summed E-state index contributed by atoms with van der Waals surface area (Å²) < 4.78 is 7.44. The summed E-state index contributed by atoms with van der Waals surface area (Å²) in [4.78, 5) is 14.6. The summed E-state index contributed by atoms with van der Waals surface area (Å²) in [6.07, 6.45) is 1.17. The summed E-state index contributed by atoms with van der Waals surface area (Å²) in [5.74, 6) is 0.260. The van der Waals surface area contributed by atoms with E-state index in [9.17, 15) is 15.0 Å². The minimum atomic E-state index is -0.783. The van der Waals surface area contributed by atoms with Crippen molar-refractivity contribution in [1.82, 2.24) is 9.55 Å². The molecule has 21 heavy (non-hydrogen) atoms. The van der Waals surface area contributed by atoms with Crippen molar-refractivity contribution in [2.75, 3.05) is 6.61 Å². The molecule has 1 aromatic heterocycles. The van der Waals surface area contributed by atoms with Gasteiger partial charge in [0.25, 0.3) is 0 Å². The lowest BCUT2D eigenvalue weighted by Gasteiger charge is -2.22. The zero-order chi connectivity index (χ0) is 15.6. The van der Waals surface area contributed by atoms with Crippen molar-refractivity contribution in [2.45, 2.75) is 45.1 Å². The number of nitrogens with zero attached hydrogens (tertiary/aromatic N) is 1. The molecule has 6 nitrogen and oxygen atoms in total. The molecule has 4 atom stereocenters. The van der Waals surface area contributed by atoms with E-state index in [0.29, 0.717) is 10.6 Å². The number of rotatable bonds is 5. The van der Waals surface area contributed by atoms with Crippen LogP contribution in [0.15, 0.2) is 17.1 Å². The maximum atomic E-state index is 12.0. The van der Waals surface area contributed by atoms with Gasteiger partial charge in [0, 0.05) is 12.1 Å². The van der Waals surface area contributed by atoms with E-state index >= 15 is 0 Å². The molecule has 1 saturated heterocycles. The number of H-pyrrole nitrogens is 1. The molecular formula is C14H22N2O4S. The van der Waals surface area contributed by atoms with Crippen LogP contribution in [0.2, 0.25) is 0 Å². The molecule has 1 aliphatic rings. The molecular weight excluding hydrogens is 292 g/mol. The highest BCUT2D eigenvalue weighted by molar-refractivity contribution is 7.71. The van der Waals surface area contributed by atoms with Gasteiger partial charge in [-0.05, 0) is 18.4 Å². The quantitative estimate of drug-likeness (QED) is 0.711. The first-order chi connectivity index (χ1) is 9.93. The average molecular weight is 314 g/mol. The first kappa shape index (κ1) is 16.4. The van der Waals surface area contributed by atoms with Crippen molar-refractivity contribution in [1.29, 1.82) is 0 Å². The fourth-order valence-corrected chi connectivity index (χ4v) is 2.84. The highest BCUT2D eigenvalue weighted by Gasteiger charge is 2.44. The minimum Gasteiger partial charge on any atom is -0.394 e. The number of aromatic nitrogens is 2. The van der Waals surface area contributed by atoms with Crippen LogP contribution in [0.5, 0.6) is 0 Å². The number of nitrogens with one attached hydrogen (secondary N) is 1. The van der Waals surface area contributed by atoms with Gasteiger partial charge in [-0.2, -0.15) is 0 Å². The summed E-state index contributed by atoms with van der Waals surface area (Å²) in [6.45, 7) is 3.94. The summed E-state index contributed by atoms with van der Waals surface area (Å²) in [5.41, 5.74) is -0.368. The zero-order valence-corrected chi connectivity index (χ0v) is 13.0. The topological polar surface area (TPSA) is 87.5 Å². The molecule has 2 unspecified atom stereocenters. The second kappa shape index (κ2) is 6.83. The van der Waals surface area contributed by atoms with Gasteiger partial charge in [-0.15, -0.1) is 0 Å². The first-order valence-electron chi connectivity index (χ1n) is 7.20. The SMILES string of the molecule is CC(C)CCC1C(O)[C@H](CO)O[C@@H]1n1ccc(=S)[nH]c1=O. The fourth-order valence-electron chi connectivity index (χ4n) is 2.69. The molecule has 3 N–H and O–H groups in total. The summed E-state index contributed by atoms with van der Waals surface area (Å²) in [5, 5.41) is 19.6. The molecule has 0 spiro atoms. The van der Waals surface area contributed by atoms with Gasteiger partial charge in [-0.1, -0.05) is 32.5 Å².